The summed E-state index contributed by atoms with van der Waals surface area (Å²) in [6.45, 7) is 3.18. The van der Waals surface area contributed by atoms with Gasteiger partial charge in [0.2, 0.25) is 0 Å². The van der Waals surface area contributed by atoms with E-state index in [1.165, 1.54) is 6.07 Å². The first-order valence-corrected chi connectivity index (χ1v) is 6.71. The third kappa shape index (κ3) is 3.45. The minimum absolute atomic E-state index is 0.116. The van der Waals surface area contributed by atoms with Crippen molar-refractivity contribution in [1.29, 1.82) is 0 Å². The Morgan fingerprint density at radius 3 is 2.75 bits per heavy atom. The van der Waals surface area contributed by atoms with Crippen LogP contribution in [0.5, 0.6) is 0 Å². The molecule has 1 aromatic heterocycles. The molecule has 0 spiro atoms. The van der Waals surface area contributed by atoms with Crippen LogP contribution < -0.4 is 16.2 Å². The lowest BCUT2D eigenvalue weighted by atomic mass is 10.1. The van der Waals surface area contributed by atoms with Gasteiger partial charge in [0, 0.05) is 32.6 Å². The first-order chi connectivity index (χ1) is 9.62. The molecule has 5 heteroatoms. The third-order valence-electron chi connectivity index (χ3n) is 3.15. The fraction of sp³-hybridized carbons (Fsp3) is 0.333. The van der Waals surface area contributed by atoms with E-state index in [2.05, 4.69) is 16.0 Å². The Morgan fingerprint density at radius 1 is 1.30 bits per heavy atom. The molecule has 0 saturated carbocycles. The molecule has 5 nitrogen and oxygen atoms in total. The number of benzene rings is 1. The number of aromatic amines is 1. The topological polar surface area (TPSA) is 75.0 Å². The van der Waals surface area contributed by atoms with Crippen molar-refractivity contribution < 1.29 is 0 Å². The van der Waals surface area contributed by atoms with Crippen LogP contribution in [0.4, 0.5) is 5.82 Å². The van der Waals surface area contributed by atoms with Gasteiger partial charge in [0.1, 0.15) is 11.6 Å². The molecule has 1 heterocycles. The van der Waals surface area contributed by atoms with Crippen molar-refractivity contribution in [2.75, 3.05) is 11.9 Å². The second-order valence-corrected chi connectivity index (χ2v) is 4.78. The molecule has 1 aromatic carbocycles. The fourth-order valence-electron chi connectivity index (χ4n) is 2.07. The number of hydrogen-bond acceptors (Lipinski definition) is 4. The van der Waals surface area contributed by atoms with Crippen LogP contribution in [0.2, 0.25) is 0 Å². The molecular formula is C15H20N4O. The van der Waals surface area contributed by atoms with Crippen molar-refractivity contribution >= 4 is 5.82 Å². The van der Waals surface area contributed by atoms with E-state index < -0.39 is 0 Å². The van der Waals surface area contributed by atoms with Crippen LogP contribution in [0.3, 0.4) is 0 Å². The number of nitrogens with zero attached hydrogens (tertiary/aromatic N) is 2. The lowest BCUT2D eigenvalue weighted by Gasteiger charge is -2.18. The molecule has 3 N–H and O–H groups in total. The van der Waals surface area contributed by atoms with Crippen molar-refractivity contribution in [3.8, 4) is 0 Å². The summed E-state index contributed by atoms with van der Waals surface area (Å²) in [5.41, 5.74) is 7.78. The summed E-state index contributed by atoms with van der Waals surface area (Å²) in [5, 5.41) is 0. The number of nitrogens with one attached hydrogen (secondary N) is 1. The molecule has 106 valence electrons. The van der Waals surface area contributed by atoms with E-state index >= 15 is 0 Å². The average Bonchev–Trinajstić information content (AvgIpc) is 2.46. The lowest BCUT2D eigenvalue weighted by Crippen LogP contribution is -2.22. The number of H-pyrrole nitrogens is 1. The molecule has 0 unspecified atom stereocenters. The van der Waals surface area contributed by atoms with Crippen molar-refractivity contribution in [1.82, 2.24) is 9.97 Å². The van der Waals surface area contributed by atoms with E-state index in [1.807, 2.05) is 37.1 Å². The van der Waals surface area contributed by atoms with Crippen molar-refractivity contribution in [2.24, 2.45) is 5.73 Å². The Kier molecular flexibility index (Phi) is 4.53. The van der Waals surface area contributed by atoms with Gasteiger partial charge in [0.15, 0.2) is 0 Å². The molecular weight excluding hydrogens is 252 g/mol. The number of aromatic nitrogens is 2. The number of rotatable bonds is 5. The van der Waals surface area contributed by atoms with Crippen molar-refractivity contribution in [2.45, 2.75) is 26.4 Å². The highest BCUT2D eigenvalue weighted by Crippen LogP contribution is 2.12. The number of aryl methyl sites for hydroxylation is 1. The summed E-state index contributed by atoms with van der Waals surface area (Å²) in [6, 6.07) is 9.64. The van der Waals surface area contributed by atoms with E-state index in [9.17, 15) is 4.79 Å². The Balaban J connectivity index is 2.20. The Bertz CT molecular complexity index is 636. The van der Waals surface area contributed by atoms with Crippen LogP contribution in [-0.4, -0.2) is 17.0 Å². The van der Waals surface area contributed by atoms with Crippen molar-refractivity contribution in [3.63, 3.8) is 0 Å². The molecule has 2 rings (SSSR count). The minimum Gasteiger partial charge on any atom is -0.355 e. The molecule has 0 fully saturated rings. The normalized spacial score (nSPS) is 10.6. The monoisotopic (exact) mass is 272 g/mol. The molecule has 0 saturated heterocycles. The van der Waals surface area contributed by atoms with Crippen LogP contribution in [-0.2, 0) is 19.5 Å². The van der Waals surface area contributed by atoms with E-state index in [0.717, 1.165) is 11.1 Å². The predicted molar refractivity (Wildman–Crippen MR) is 80.7 cm³/mol. The second-order valence-electron chi connectivity index (χ2n) is 4.78. The summed E-state index contributed by atoms with van der Waals surface area (Å²) in [4.78, 5) is 20.7. The van der Waals surface area contributed by atoms with Gasteiger partial charge in [0.05, 0.1) is 0 Å². The Morgan fingerprint density at radius 2 is 2.05 bits per heavy atom. The van der Waals surface area contributed by atoms with Crippen LogP contribution in [0.25, 0.3) is 0 Å². The van der Waals surface area contributed by atoms with Gasteiger partial charge >= 0.3 is 0 Å². The second kappa shape index (κ2) is 6.34. The SMILES string of the molecule is CCc1nc(N(C)Cc2cccc(CN)c2)cc(=O)[nH]1. The van der Waals surface area contributed by atoms with Gasteiger partial charge in [-0.05, 0) is 11.1 Å². The summed E-state index contributed by atoms with van der Waals surface area (Å²) >= 11 is 0. The third-order valence-corrected chi connectivity index (χ3v) is 3.15. The van der Waals surface area contributed by atoms with Crippen molar-refractivity contribution in [3.05, 3.63) is 57.6 Å². The zero-order valence-corrected chi connectivity index (χ0v) is 11.9. The number of hydrogen-bond donors (Lipinski definition) is 2. The van der Waals surface area contributed by atoms with E-state index in [-0.39, 0.29) is 5.56 Å². The average molecular weight is 272 g/mol. The number of nitrogens with two attached hydrogens (primary N) is 1. The van der Waals surface area contributed by atoms with Gasteiger partial charge in [-0.1, -0.05) is 31.2 Å². The predicted octanol–water partition coefficient (Wildman–Crippen LogP) is 1.43. The van der Waals surface area contributed by atoms with Gasteiger partial charge in [-0.3, -0.25) is 4.79 Å². The van der Waals surface area contributed by atoms with Gasteiger partial charge in [-0.25, -0.2) is 4.98 Å². The van der Waals surface area contributed by atoms with E-state index in [0.29, 0.717) is 31.2 Å². The zero-order valence-electron chi connectivity index (χ0n) is 11.9. The number of anilines is 1. The maximum absolute atomic E-state index is 11.6. The van der Waals surface area contributed by atoms with Crippen LogP contribution in [0, 0.1) is 0 Å². The van der Waals surface area contributed by atoms with Crippen LogP contribution >= 0.6 is 0 Å². The Hall–Kier alpha value is -2.14. The maximum Gasteiger partial charge on any atom is 0.252 e. The quantitative estimate of drug-likeness (QED) is 0.863. The summed E-state index contributed by atoms with van der Waals surface area (Å²) < 4.78 is 0. The molecule has 0 atom stereocenters. The highest BCUT2D eigenvalue weighted by molar-refractivity contribution is 5.38. The van der Waals surface area contributed by atoms with Gasteiger partial charge < -0.3 is 15.6 Å². The van der Waals surface area contributed by atoms with Gasteiger partial charge in [-0.15, -0.1) is 0 Å². The molecule has 0 aliphatic rings. The minimum atomic E-state index is -0.116. The molecule has 20 heavy (non-hydrogen) atoms. The van der Waals surface area contributed by atoms with Crippen LogP contribution in [0.15, 0.2) is 35.1 Å². The first kappa shape index (κ1) is 14.3. The first-order valence-electron chi connectivity index (χ1n) is 6.71. The highest BCUT2D eigenvalue weighted by Gasteiger charge is 2.06. The van der Waals surface area contributed by atoms with Gasteiger partial charge in [0.25, 0.3) is 5.56 Å². The van der Waals surface area contributed by atoms with E-state index in [4.69, 9.17) is 5.73 Å². The molecule has 0 bridgehead atoms. The summed E-state index contributed by atoms with van der Waals surface area (Å²) in [7, 11) is 1.93. The van der Waals surface area contributed by atoms with Gasteiger partial charge in [-0.2, -0.15) is 0 Å². The molecule has 2 aromatic rings. The summed E-state index contributed by atoms with van der Waals surface area (Å²) in [5.74, 6) is 1.39. The van der Waals surface area contributed by atoms with Crippen LogP contribution in [0.1, 0.15) is 23.9 Å². The smallest absolute Gasteiger partial charge is 0.252 e. The largest absolute Gasteiger partial charge is 0.355 e. The van der Waals surface area contributed by atoms with E-state index in [1.54, 1.807) is 0 Å². The molecule has 0 radical (unpaired) electrons. The Labute approximate surface area is 118 Å². The molecule has 0 amide bonds. The fourth-order valence-corrected chi connectivity index (χ4v) is 2.07. The maximum atomic E-state index is 11.6. The molecule has 0 aliphatic heterocycles. The standard InChI is InChI=1S/C15H20N4O/c1-3-13-17-14(8-15(20)18-13)19(2)10-12-6-4-5-11(7-12)9-16/h4-8H,3,9-10,16H2,1-2H3,(H,17,18,20). The highest BCUT2D eigenvalue weighted by atomic mass is 16.1. The molecule has 0 aliphatic carbocycles. The summed E-state index contributed by atoms with van der Waals surface area (Å²) in [6.07, 6.45) is 0.708. The zero-order chi connectivity index (χ0) is 14.5. The lowest BCUT2D eigenvalue weighted by molar-refractivity contribution is 0.848.